The fourth-order valence-electron chi connectivity index (χ4n) is 2.98. The van der Waals surface area contributed by atoms with Crippen LogP contribution in [0, 0.1) is 6.92 Å². The number of aryl methyl sites for hydroxylation is 1. The van der Waals surface area contributed by atoms with Crippen LogP contribution < -0.4 is 17.0 Å². The van der Waals surface area contributed by atoms with E-state index in [1.54, 1.807) is 6.92 Å². The summed E-state index contributed by atoms with van der Waals surface area (Å²) in [6.07, 6.45) is -1.02. The third-order valence-corrected chi connectivity index (χ3v) is 4.48. The predicted octanol–water partition coefficient (Wildman–Crippen LogP) is -0.678. The monoisotopic (exact) mass is 374 g/mol. The van der Waals surface area contributed by atoms with Crippen LogP contribution in [-0.4, -0.2) is 44.1 Å². The van der Waals surface area contributed by atoms with Gasteiger partial charge < -0.3 is 20.7 Å². The van der Waals surface area contributed by atoms with Gasteiger partial charge in [0.15, 0.2) is 0 Å². The summed E-state index contributed by atoms with van der Waals surface area (Å²) in [4.78, 5) is 29.4. The Balaban J connectivity index is 1.97. The SMILES string of the molecule is Cc1cn([C@H]2C[C@H](O)[C@@H](CO)O2)c(=O)n(C(N)=NCc2ccccc2)c1=O. The third kappa shape index (κ3) is 3.85. The summed E-state index contributed by atoms with van der Waals surface area (Å²) in [5.41, 5.74) is 5.81. The lowest BCUT2D eigenvalue weighted by Crippen LogP contribution is -2.48. The average molecular weight is 374 g/mol. The molecule has 0 amide bonds. The van der Waals surface area contributed by atoms with Gasteiger partial charge in [-0.25, -0.2) is 9.79 Å². The van der Waals surface area contributed by atoms with Gasteiger partial charge in [-0.15, -0.1) is 0 Å². The van der Waals surface area contributed by atoms with E-state index in [1.807, 2.05) is 30.3 Å². The van der Waals surface area contributed by atoms with Gasteiger partial charge >= 0.3 is 5.69 Å². The molecular formula is C18H22N4O5. The Kier molecular flexibility index (Phi) is 5.54. The second-order valence-corrected chi connectivity index (χ2v) is 6.42. The Bertz CT molecular complexity index is 950. The van der Waals surface area contributed by atoms with Crippen LogP contribution in [0.15, 0.2) is 51.1 Å². The molecule has 0 aliphatic carbocycles. The summed E-state index contributed by atoms with van der Waals surface area (Å²) in [5, 5.41) is 19.1. The van der Waals surface area contributed by atoms with Gasteiger partial charge in [-0.1, -0.05) is 30.3 Å². The molecule has 2 aromatic rings. The van der Waals surface area contributed by atoms with Crippen molar-refractivity contribution in [1.29, 1.82) is 0 Å². The van der Waals surface area contributed by atoms with Crippen molar-refractivity contribution in [3.8, 4) is 0 Å². The van der Waals surface area contributed by atoms with Crippen molar-refractivity contribution < 1.29 is 14.9 Å². The molecule has 4 N–H and O–H groups in total. The van der Waals surface area contributed by atoms with Crippen LogP contribution in [-0.2, 0) is 11.3 Å². The molecule has 144 valence electrons. The van der Waals surface area contributed by atoms with E-state index in [0.29, 0.717) is 0 Å². The molecule has 1 aromatic carbocycles. The fraction of sp³-hybridized carbons (Fsp3) is 0.389. The van der Waals surface area contributed by atoms with Crippen molar-refractivity contribution in [2.24, 2.45) is 10.7 Å². The van der Waals surface area contributed by atoms with Crippen LogP contribution in [0.25, 0.3) is 0 Å². The van der Waals surface area contributed by atoms with Crippen LogP contribution in [0.4, 0.5) is 0 Å². The van der Waals surface area contributed by atoms with Crippen LogP contribution in [0.2, 0.25) is 0 Å². The van der Waals surface area contributed by atoms with Gasteiger partial charge in [-0.05, 0) is 12.5 Å². The highest BCUT2D eigenvalue weighted by Crippen LogP contribution is 2.27. The lowest BCUT2D eigenvalue weighted by atomic mass is 10.2. The summed E-state index contributed by atoms with van der Waals surface area (Å²) < 4.78 is 7.50. The van der Waals surface area contributed by atoms with Crippen LogP contribution in [0.1, 0.15) is 23.8 Å². The number of aliphatic imine (C=N–C) groups is 1. The zero-order valence-electron chi connectivity index (χ0n) is 14.9. The van der Waals surface area contributed by atoms with E-state index in [4.69, 9.17) is 10.5 Å². The maximum Gasteiger partial charge on any atom is 0.340 e. The molecule has 2 heterocycles. The third-order valence-electron chi connectivity index (χ3n) is 4.48. The Morgan fingerprint density at radius 3 is 2.67 bits per heavy atom. The zero-order chi connectivity index (χ0) is 19.6. The molecule has 1 aliphatic heterocycles. The number of aliphatic hydroxyl groups excluding tert-OH is 2. The van der Waals surface area contributed by atoms with Gasteiger partial charge in [-0.2, -0.15) is 4.57 Å². The summed E-state index contributed by atoms with van der Waals surface area (Å²) in [7, 11) is 0. The number of benzene rings is 1. The smallest absolute Gasteiger partial charge is 0.340 e. The van der Waals surface area contributed by atoms with Gasteiger partial charge in [0.2, 0.25) is 5.96 Å². The lowest BCUT2D eigenvalue weighted by molar-refractivity contribution is -0.0461. The largest absolute Gasteiger partial charge is 0.394 e. The van der Waals surface area contributed by atoms with E-state index in [2.05, 4.69) is 4.99 Å². The van der Waals surface area contributed by atoms with Gasteiger partial charge in [0, 0.05) is 18.2 Å². The van der Waals surface area contributed by atoms with E-state index in [1.165, 1.54) is 10.8 Å². The number of nitrogens with two attached hydrogens (primary N) is 1. The average Bonchev–Trinajstić information content (AvgIpc) is 3.04. The van der Waals surface area contributed by atoms with Crippen LogP contribution in [0.5, 0.6) is 0 Å². The Morgan fingerprint density at radius 1 is 1.33 bits per heavy atom. The molecule has 0 saturated carbocycles. The van der Waals surface area contributed by atoms with Gasteiger partial charge in [-0.3, -0.25) is 9.36 Å². The quantitative estimate of drug-likeness (QED) is 0.480. The molecule has 1 aliphatic rings. The lowest BCUT2D eigenvalue weighted by Gasteiger charge is -2.17. The number of hydrogen-bond donors (Lipinski definition) is 3. The molecule has 1 aromatic heterocycles. The van der Waals surface area contributed by atoms with Crippen LogP contribution >= 0.6 is 0 Å². The van der Waals surface area contributed by atoms with E-state index in [9.17, 15) is 19.8 Å². The molecule has 0 unspecified atom stereocenters. The normalized spacial score (nSPS) is 22.9. The highest BCUT2D eigenvalue weighted by molar-refractivity contribution is 5.80. The molecule has 0 bridgehead atoms. The first-order chi connectivity index (χ1) is 12.9. The van der Waals surface area contributed by atoms with Crippen molar-refractivity contribution >= 4 is 5.96 Å². The van der Waals surface area contributed by atoms with Crippen molar-refractivity contribution in [2.45, 2.75) is 38.3 Å². The predicted molar refractivity (Wildman–Crippen MR) is 98.5 cm³/mol. The summed E-state index contributed by atoms with van der Waals surface area (Å²) >= 11 is 0. The molecule has 27 heavy (non-hydrogen) atoms. The Labute approximate surface area is 155 Å². The highest BCUT2D eigenvalue weighted by Gasteiger charge is 2.35. The van der Waals surface area contributed by atoms with E-state index in [0.717, 1.165) is 10.1 Å². The van der Waals surface area contributed by atoms with E-state index >= 15 is 0 Å². The van der Waals surface area contributed by atoms with Gasteiger partial charge in [0.05, 0.1) is 19.3 Å². The Hall–Kier alpha value is -2.75. The Morgan fingerprint density at radius 2 is 2.04 bits per heavy atom. The number of aliphatic hydroxyl groups is 2. The highest BCUT2D eigenvalue weighted by atomic mass is 16.5. The fourth-order valence-corrected chi connectivity index (χ4v) is 2.98. The second-order valence-electron chi connectivity index (χ2n) is 6.42. The summed E-state index contributed by atoms with van der Waals surface area (Å²) in [5.74, 6) is -0.219. The minimum atomic E-state index is -0.906. The summed E-state index contributed by atoms with van der Waals surface area (Å²) in [6, 6.07) is 9.30. The first kappa shape index (κ1) is 19.0. The minimum Gasteiger partial charge on any atom is -0.394 e. The van der Waals surface area contributed by atoms with Crippen molar-refractivity contribution in [3.63, 3.8) is 0 Å². The first-order valence-electron chi connectivity index (χ1n) is 8.55. The zero-order valence-corrected chi connectivity index (χ0v) is 14.9. The van der Waals surface area contributed by atoms with Crippen molar-refractivity contribution in [3.05, 3.63) is 68.5 Å². The molecule has 9 heteroatoms. The minimum absolute atomic E-state index is 0.115. The number of ether oxygens (including phenoxy) is 1. The van der Waals surface area contributed by atoms with E-state index < -0.39 is 29.7 Å². The summed E-state index contributed by atoms with van der Waals surface area (Å²) in [6.45, 7) is 1.40. The molecule has 3 atom stereocenters. The topological polar surface area (TPSA) is 132 Å². The van der Waals surface area contributed by atoms with Crippen LogP contribution in [0.3, 0.4) is 0 Å². The first-order valence-corrected chi connectivity index (χ1v) is 8.55. The molecule has 3 rings (SSSR count). The number of nitrogens with zero attached hydrogens (tertiary/aromatic N) is 3. The molecule has 0 spiro atoms. The number of hydrogen-bond acceptors (Lipinski definition) is 6. The standard InChI is InChI=1S/C18H22N4O5/c1-11-9-21(15-7-13(24)14(10-23)27-15)18(26)22(16(11)25)17(19)20-8-12-5-3-2-4-6-12/h2-6,9,13-15,23-24H,7-8,10H2,1H3,(H2,19,20)/t13-,14+,15+/m0/s1. The number of aromatic nitrogens is 2. The molecule has 0 radical (unpaired) electrons. The van der Waals surface area contributed by atoms with Gasteiger partial charge in [0.25, 0.3) is 5.56 Å². The number of rotatable bonds is 4. The van der Waals surface area contributed by atoms with Crippen molar-refractivity contribution in [1.82, 2.24) is 9.13 Å². The maximum absolute atomic E-state index is 12.8. The van der Waals surface area contributed by atoms with Crippen molar-refractivity contribution in [2.75, 3.05) is 6.61 Å². The maximum atomic E-state index is 12.8. The molecule has 1 fully saturated rings. The van der Waals surface area contributed by atoms with E-state index in [-0.39, 0.29) is 31.1 Å². The molecule has 9 nitrogen and oxygen atoms in total. The second kappa shape index (κ2) is 7.87. The van der Waals surface area contributed by atoms with Gasteiger partial charge in [0.1, 0.15) is 12.3 Å². The molecule has 1 saturated heterocycles. The molecular weight excluding hydrogens is 352 g/mol.